The number of imidazole rings is 1. The van der Waals surface area contributed by atoms with Gasteiger partial charge >= 0.3 is 0 Å². The minimum atomic E-state index is -0.302. The van der Waals surface area contributed by atoms with Crippen LogP contribution in [0, 0.1) is 0 Å². The van der Waals surface area contributed by atoms with Crippen LogP contribution in [0.1, 0.15) is 52.5 Å². The molecule has 136 valence electrons. The maximum absolute atomic E-state index is 12.8. The first-order valence-corrected chi connectivity index (χ1v) is 9.01. The molecule has 0 unspecified atom stereocenters. The Balaban J connectivity index is 1.58. The van der Waals surface area contributed by atoms with Crippen molar-refractivity contribution in [3.8, 4) is 5.75 Å². The van der Waals surface area contributed by atoms with Gasteiger partial charge < -0.3 is 19.9 Å². The summed E-state index contributed by atoms with van der Waals surface area (Å²) in [6.45, 7) is 0.713. The van der Waals surface area contributed by atoms with E-state index in [9.17, 15) is 9.59 Å². The van der Waals surface area contributed by atoms with Gasteiger partial charge in [0.05, 0.1) is 12.8 Å². The fourth-order valence-electron chi connectivity index (χ4n) is 3.24. The summed E-state index contributed by atoms with van der Waals surface area (Å²) < 4.78 is 7.02. The largest absolute Gasteiger partial charge is 0.497 e. The summed E-state index contributed by atoms with van der Waals surface area (Å²) in [6.07, 6.45) is 4.81. The summed E-state index contributed by atoms with van der Waals surface area (Å²) in [5.74, 6) is 0.558. The zero-order valence-corrected chi connectivity index (χ0v) is 14.7. The number of aromatic nitrogens is 2. The number of carbonyl (C=O) groups excluding carboxylic acids is 2. The summed E-state index contributed by atoms with van der Waals surface area (Å²) in [6, 6.07) is 7.38. The summed E-state index contributed by atoms with van der Waals surface area (Å²) in [5, 5.41) is 5.83. The van der Waals surface area contributed by atoms with Gasteiger partial charge in [0, 0.05) is 18.3 Å². The molecule has 7 nitrogen and oxygen atoms in total. The standard InChI is InChI=1S/C19H22N4O3/c1-26-14-9-7-13(8-10-14)21-19(25)17-22-16(18(24)20-12-5-6-12)15-4-2-3-11-23(15)17/h7-10,12H,2-6,11H2,1H3,(H,20,24)(H,21,25). The Labute approximate surface area is 151 Å². The summed E-state index contributed by atoms with van der Waals surface area (Å²) >= 11 is 0. The van der Waals surface area contributed by atoms with Crippen molar-refractivity contribution in [3.63, 3.8) is 0 Å². The van der Waals surface area contributed by atoms with Crippen molar-refractivity contribution in [2.24, 2.45) is 0 Å². The molecule has 1 saturated carbocycles. The lowest BCUT2D eigenvalue weighted by Gasteiger charge is -2.17. The van der Waals surface area contributed by atoms with E-state index in [4.69, 9.17) is 4.74 Å². The Kier molecular flexibility index (Phi) is 4.36. The molecule has 26 heavy (non-hydrogen) atoms. The number of fused-ring (bicyclic) bond motifs is 1. The van der Waals surface area contributed by atoms with Gasteiger partial charge in [-0.3, -0.25) is 9.59 Å². The van der Waals surface area contributed by atoms with E-state index in [-0.39, 0.29) is 17.9 Å². The zero-order valence-electron chi connectivity index (χ0n) is 14.7. The average molecular weight is 354 g/mol. The number of methoxy groups -OCH3 is 1. The molecule has 2 aliphatic rings. The third kappa shape index (κ3) is 3.29. The third-order valence-corrected chi connectivity index (χ3v) is 4.80. The minimum Gasteiger partial charge on any atom is -0.497 e. The summed E-state index contributed by atoms with van der Waals surface area (Å²) in [7, 11) is 1.60. The van der Waals surface area contributed by atoms with Gasteiger partial charge in [0.1, 0.15) is 11.4 Å². The van der Waals surface area contributed by atoms with E-state index in [1.165, 1.54) is 0 Å². The third-order valence-electron chi connectivity index (χ3n) is 4.80. The topological polar surface area (TPSA) is 85.2 Å². The highest BCUT2D eigenvalue weighted by molar-refractivity contribution is 6.03. The molecule has 0 spiro atoms. The first kappa shape index (κ1) is 16.6. The van der Waals surface area contributed by atoms with Crippen LogP contribution in [-0.4, -0.2) is 34.5 Å². The van der Waals surface area contributed by atoms with E-state index >= 15 is 0 Å². The quantitative estimate of drug-likeness (QED) is 0.863. The molecule has 7 heteroatoms. The highest BCUT2D eigenvalue weighted by Gasteiger charge is 2.30. The summed E-state index contributed by atoms with van der Waals surface area (Å²) in [5.41, 5.74) is 1.93. The van der Waals surface area contributed by atoms with Gasteiger partial charge in [-0.2, -0.15) is 0 Å². The van der Waals surface area contributed by atoms with E-state index < -0.39 is 0 Å². The van der Waals surface area contributed by atoms with Crippen molar-refractivity contribution in [1.29, 1.82) is 0 Å². The number of amides is 2. The van der Waals surface area contributed by atoms with Crippen molar-refractivity contribution < 1.29 is 14.3 Å². The van der Waals surface area contributed by atoms with Gasteiger partial charge in [-0.1, -0.05) is 0 Å². The lowest BCUT2D eigenvalue weighted by molar-refractivity contribution is 0.0945. The predicted octanol–water partition coefficient (Wildman–Crippen LogP) is 2.37. The number of nitrogens with one attached hydrogen (secondary N) is 2. The van der Waals surface area contributed by atoms with Crippen LogP contribution in [0.4, 0.5) is 5.69 Å². The smallest absolute Gasteiger partial charge is 0.291 e. The fourth-order valence-corrected chi connectivity index (χ4v) is 3.24. The molecule has 0 atom stereocenters. The number of benzene rings is 1. The van der Waals surface area contributed by atoms with Crippen LogP contribution >= 0.6 is 0 Å². The molecule has 2 N–H and O–H groups in total. The molecule has 1 aliphatic heterocycles. The molecule has 0 radical (unpaired) electrons. The van der Waals surface area contributed by atoms with Gasteiger partial charge in [0.2, 0.25) is 0 Å². The van der Waals surface area contributed by atoms with E-state index in [2.05, 4.69) is 15.6 Å². The second-order valence-electron chi connectivity index (χ2n) is 6.77. The van der Waals surface area contributed by atoms with Crippen molar-refractivity contribution in [3.05, 3.63) is 41.5 Å². The van der Waals surface area contributed by atoms with Gasteiger partial charge in [0.15, 0.2) is 5.82 Å². The molecule has 1 fully saturated rings. The maximum Gasteiger partial charge on any atom is 0.291 e. The molecule has 4 rings (SSSR count). The molecule has 0 saturated heterocycles. The molecule has 2 aromatic rings. The van der Waals surface area contributed by atoms with Crippen molar-refractivity contribution >= 4 is 17.5 Å². The molecule has 1 aromatic heterocycles. The van der Waals surface area contributed by atoms with Crippen molar-refractivity contribution in [1.82, 2.24) is 14.9 Å². The van der Waals surface area contributed by atoms with Gasteiger partial charge in [-0.25, -0.2) is 4.98 Å². The van der Waals surface area contributed by atoms with E-state index in [1.54, 1.807) is 31.4 Å². The fraction of sp³-hybridized carbons (Fsp3) is 0.421. The Bertz CT molecular complexity index is 837. The predicted molar refractivity (Wildman–Crippen MR) is 96.6 cm³/mol. The Hall–Kier alpha value is -2.83. The SMILES string of the molecule is COc1ccc(NC(=O)c2nc(C(=O)NC3CC3)c3n2CCCC3)cc1. The maximum atomic E-state index is 12.8. The van der Waals surface area contributed by atoms with Crippen LogP contribution in [-0.2, 0) is 13.0 Å². The molecule has 2 amide bonds. The van der Waals surface area contributed by atoms with Crippen molar-refractivity contribution in [2.75, 3.05) is 12.4 Å². The molecular weight excluding hydrogens is 332 g/mol. The molecule has 2 heterocycles. The second kappa shape index (κ2) is 6.82. The van der Waals surface area contributed by atoms with Crippen LogP contribution in [0.2, 0.25) is 0 Å². The van der Waals surface area contributed by atoms with Crippen LogP contribution < -0.4 is 15.4 Å². The summed E-state index contributed by atoms with van der Waals surface area (Å²) in [4.78, 5) is 29.7. The van der Waals surface area contributed by atoms with Crippen LogP contribution in [0.15, 0.2) is 24.3 Å². The van der Waals surface area contributed by atoms with Gasteiger partial charge in [-0.15, -0.1) is 0 Å². The normalized spacial score (nSPS) is 15.9. The van der Waals surface area contributed by atoms with E-state index in [1.807, 2.05) is 4.57 Å². The van der Waals surface area contributed by atoms with Crippen LogP contribution in [0.3, 0.4) is 0 Å². The highest BCUT2D eigenvalue weighted by Crippen LogP contribution is 2.24. The number of hydrogen-bond donors (Lipinski definition) is 2. The second-order valence-corrected chi connectivity index (χ2v) is 6.77. The van der Waals surface area contributed by atoms with E-state index in [0.29, 0.717) is 23.8 Å². The first-order valence-electron chi connectivity index (χ1n) is 9.01. The first-order chi connectivity index (χ1) is 12.7. The van der Waals surface area contributed by atoms with Crippen LogP contribution in [0.25, 0.3) is 0 Å². The average Bonchev–Trinajstić information content (AvgIpc) is 3.39. The number of nitrogens with zero attached hydrogens (tertiary/aromatic N) is 2. The Morgan fingerprint density at radius 2 is 1.92 bits per heavy atom. The lowest BCUT2D eigenvalue weighted by Crippen LogP contribution is -2.27. The molecular formula is C19H22N4O3. The Morgan fingerprint density at radius 3 is 2.62 bits per heavy atom. The van der Waals surface area contributed by atoms with Crippen molar-refractivity contribution in [2.45, 2.75) is 44.7 Å². The number of carbonyl (C=O) groups is 2. The zero-order chi connectivity index (χ0) is 18.1. The lowest BCUT2D eigenvalue weighted by atomic mass is 10.1. The number of hydrogen-bond acceptors (Lipinski definition) is 4. The number of rotatable bonds is 5. The monoisotopic (exact) mass is 354 g/mol. The van der Waals surface area contributed by atoms with Crippen LogP contribution in [0.5, 0.6) is 5.75 Å². The highest BCUT2D eigenvalue weighted by atomic mass is 16.5. The molecule has 1 aromatic carbocycles. The molecule has 1 aliphatic carbocycles. The Morgan fingerprint density at radius 1 is 1.15 bits per heavy atom. The molecule has 0 bridgehead atoms. The minimum absolute atomic E-state index is 0.165. The number of ether oxygens (including phenoxy) is 1. The number of anilines is 1. The van der Waals surface area contributed by atoms with Gasteiger partial charge in [-0.05, 0) is 56.4 Å². The van der Waals surface area contributed by atoms with E-state index in [0.717, 1.165) is 43.5 Å². The van der Waals surface area contributed by atoms with Gasteiger partial charge in [0.25, 0.3) is 11.8 Å².